The Morgan fingerprint density at radius 3 is 2.90 bits per heavy atom. The van der Waals surface area contributed by atoms with Gasteiger partial charge in [-0.15, -0.1) is 0 Å². The molecular formula is C13H19N5O2. The average Bonchev–Trinajstić information content (AvgIpc) is 3.03. The molecule has 0 atom stereocenters. The molecule has 2 heterocycles. The third kappa shape index (κ3) is 3.66. The van der Waals surface area contributed by atoms with Gasteiger partial charge in [0.2, 0.25) is 5.89 Å². The first kappa shape index (κ1) is 14.2. The quantitative estimate of drug-likeness (QED) is 0.804. The predicted molar refractivity (Wildman–Crippen MR) is 72.2 cm³/mol. The summed E-state index contributed by atoms with van der Waals surface area (Å²) in [7, 11) is 1.78. The van der Waals surface area contributed by atoms with Gasteiger partial charge in [-0.1, -0.05) is 19.0 Å². The lowest BCUT2D eigenvalue weighted by atomic mass is 10.2. The SMILES string of the molecule is CC(C)c1noc(CCCNC(=O)c2cnn(C)c2)n1. The first-order valence-electron chi connectivity index (χ1n) is 6.65. The second kappa shape index (κ2) is 6.31. The van der Waals surface area contributed by atoms with Gasteiger partial charge in [-0.3, -0.25) is 9.48 Å². The Labute approximate surface area is 117 Å². The van der Waals surface area contributed by atoms with E-state index in [0.29, 0.717) is 24.4 Å². The molecule has 2 aromatic rings. The first-order valence-corrected chi connectivity index (χ1v) is 6.65. The van der Waals surface area contributed by atoms with Crippen molar-refractivity contribution < 1.29 is 9.32 Å². The number of nitrogens with one attached hydrogen (secondary N) is 1. The Balaban J connectivity index is 1.72. The van der Waals surface area contributed by atoms with Crippen molar-refractivity contribution in [3.63, 3.8) is 0 Å². The molecule has 0 spiro atoms. The number of hydrogen-bond donors (Lipinski definition) is 1. The number of amides is 1. The average molecular weight is 277 g/mol. The molecule has 20 heavy (non-hydrogen) atoms. The van der Waals surface area contributed by atoms with Gasteiger partial charge in [0.15, 0.2) is 5.82 Å². The minimum absolute atomic E-state index is 0.119. The van der Waals surface area contributed by atoms with Crippen LogP contribution in [0.3, 0.4) is 0 Å². The molecule has 0 saturated carbocycles. The minimum atomic E-state index is -0.119. The van der Waals surface area contributed by atoms with E-state index in [-0.39, 0.29) is 11.8 Å². The molecule has 2 aromatic heterocycles. The predicted octanol–water partition coefficient (Wildman–Crippen LogP) is 1.29. The molecule has 0 aliphatic heterocycles. The van der Waals surface area contributed by atoms with Crippen LogP contribution in [-0.4, -0.2) is 32.4 Å². The van der Waals surface area contributed by atoms with Gasteiger partial charge in [0.25, 0.3) is 5.91 Å². The van der Waals surface area contributed by atoms with Crippen LogP contribution in [0.2, 0.25) is 0 Å². The Bertz CT molecular complexity index is 573. The molecule has 0 saturated heterocycles. The number of carbonyl (C=O) groups excluding carboxylic acids is 1. The summed E-state index contributed by atoms with van der Waals surface area (Å²) in [5.74, 6) is 1.48. The summed E-state index contributed by atoms with van der Waals surface area (Å²) in [6.45, 7) is 4.60. The lowest BCUT2D eigenvalue weighted by Gasteiger charge is -2.01. The van der Waals surface area contributed by atoms with Gasteiger partial charge < -0.3 is 9.84 Å². The van der Waals surface area contributed by atoms with E-state index in [2.05, 4.69) is 20.6 Å². The number of aromatic nitrogens is 4. The van der Waals surface area contributed by atoms with Crippen LogP contribution in [-0.2, 0) is 13.5 Å². The van der Waals surface area contributed by atoms with Crippen molar-refractivity contribution in [2.45, 2.75) is 32.6 Å². The number of rotatable bonds is 6. The van der Waals surface area contributed by atoms with Crippen LogP contribution in [0, 0.1) is 0 Å². The van der Waals surface area contributed by atoms with Gasteiger partial charge in [0.1, 0.15) is 0 Å². The van der Waals surface area contributed by atoms with Gasteiger partial charge in [0, 0.05) is 32.1 Å². The Morgan fingerprint density at radius 1 is 1.50 bits per heavy atom. The fraction of sp³-hybridized carbons (Fsp3) is 0.538. The lowest BCUT2D eigenvalue weighted by Crippen LogP contribution is -2.24. The molecule has 0 bridgehead atoms. The van der Waals surface area contributed by atoms with Crippen LogP contribution in [0.1, 0.15) is 48.3 Å². The summed E-state index contributed by atoms with van der Waals surface area (Å²) in [6.07, 6.45) is 4.64. The van der Waals surface area contributed by atoms with E-state index in [9.17, 15) is 4.79 Å². The molecule has 0 aliphatic rings. The van der Waals surface area contributed by atoms with E-state index >= 15 is 0 Å². The maximum Gasteiger partial charge on any atom is 0.254 e. The van der Waals surface area contributed by atoms with Crippen molar-refractivity contribution in [2.75, 3.05) is 6.54 Å². The molecular weight excluding hydrogens is 258 g/mol. The van der Waals surface area contributed by atoms with Crippen molar-refractivity contribution in [3.05, 3.63) is 29.7 Å². The normalized spacial score (nSPS) is 11.0. The van der Waals surface area contributed by atoms with E-state index in [1.54, 1.807) is 24.1 Å². The van der Waals surface area contributed by atoms with Crippen LogP contribution in [0.15, 0.2) is 16.9 Å². The van der Waals surface area contributed by atoms with Crippen LogP contribution in [0.4, 0.5) is 0 Å². The molecule has 0 unspecified atom stereocenters. The molecule has 1 N–H and O–H groups in total. The zero-order chi connectivity index (χ0) is 14.5. The Hall–Kier alpha value is -2.18. The van der Waals surface area contributed by atoms with E-state index in [1.165, 1.54) is 0 Å². The first-order chi connectivity index (χ1) is 9.56. The van der Waals surface area contributed by atoms with Crippen LogP contribution < -0.4 is 5.32 Å². The van der Waals surface area contributed by atoms with E-state index in [4.69, 9.17) is 4.52 Å². The number of carbonyl (C=O) groups is 1. The summed E-state index contributed by atoms with van der Waals surface area (Å²) >= 11 is 0. The standard InChI is InChI=1S/C13H19N5O2/c1-9(2)12-16-11(20-17-12)5-4-6-14-13(19)10-7-15-18(3)8-10/h7-9H,4-6H2,1-3H3,(H,14,19). The smallest absolute Gasteiger partial charge is 0.254 e. The fourth-order valence-corrected chi connectivity index (χ4v) is 1.69. The molecule has 0 aromatic carbocycles. The molecule has 0 radical (unpaired) electrons. The Kier molecular flexibility index (Phi) is 4.49. The van der Waals surface area contributed by atoms with Crippen molar-refractivity contribution in [2.24, 2.45) is 7.05 Å². The second-order valence-electron chi connectivity index (χ2n) is 4.96. The highest BCUT2D eigenvalue weighted by molar-refractivity contribution is 5.93. The second-order valence-corrected chi connectivity index (χ2v) is 4.96. The van der Waals surface area contributed by atoms with E-state index < -0.39 is 0 Å². The molecule has 2 rings (SSSR count). The topological polar surface area (TPSA) is 85.8 Å². The Morgan fingerprint density at radius 2 is 2.30 bits per heavy atom. The largest absolute Gasteiger partial charge is 0.352 e. The van der Waals surface area contributed by atoms with Crippen LogP contribution >= 0.6 is 0 Å². The summed E-state index contributed by atoms with van der Waals surface area (Å²) in [6, 6.07) is 0. The van der Waals surface area contributed by atoms with Crippen molar-refractivity contribution >= 4 is 5.91 Å². The lowest BCUT2D eigenvalue weighted by molar-refractivity contribution is 0.0953. The number of nitrogens with zero attached hydrogens (tertiary/aromatic N) is 4. The van der Waals surface area contributed by atoms with Gasteiger partial charge in [-0.2, -0.15) is 10.1 Å². The minimum Gasteiger partial charge on any atom is -0.352 e. The summed E-state index contributed by atoms with van der Waals surface area (Å²) < 4.78 is 6.73. The monoisotopic (exact) mass is 277 g/mol. The van der Waals surface area contributed by atoms with Crippen molar-refractivity contribution in [1.82, 2.24) is 25.2 Å². The molecule has 1 amide bonds. The zero-order valence-corrected chi connectivity index (χ0v) is 12.0. The maximum atomic E-state index is 11.7. The molecule has 0 aliphatic carbocycles. The third-order valence-electron chi connectivity index (χ3n) is 2.82. The van der Waals surface area contributed by atoms with Crippen LogP contribution in [0.5, 0.6) is 0 Å². The zero-order valence-electron chi connectivity index (χ0n) is 12.0. The van der Waals surface area contributed by atoms with Gasteiger partial charge in [-0.25, -0.2) is 0 Å². The van der Waals surface area contributed by atoms with Crippen molar-refractivity contribution in [3.8, 4) is 0 Å². The molecule has 7 nitrogen and oxygen atoms in total. The maximum absolute atomic E-state index is 11.7. The third-order valence-corrected chi connectivity index (χ3v) is 2.82. The number of aryl methyl sites for hydroxylation is 2. The fourth-order valence-electron chi connectivity index (χ4n) is 1.69. The summed E-state index contributed by atoms with van der Waals surface area (Å²) in [5.41, 5.74) is 0.562. The highest BCUT2D eigenvalue weighted by Gasteiger charge is 2.10. The highest BCUT2D eigenvalue weighted by Crippen LogP contribution is 2.10. The van der Waals surface area contributed by atoms with Crippen molar-refractivity contribution in [1.29, 1.82) is 0 Å². The highest BCUT2D eigenvalue weighted by atomic mass is 16.5. The van der Waals surface area contributed by atoms with Gasteiger partial charge >= 0.3 is 0 Å². The molecule has 7 heteroatoms. The van der Waals surface area contributed by atoms with E-state index in [0.717, 1.165) is 12.2 Å². The van der Waals surface area contributed by atoms with Gasteiger partial charge in [0.05, 0.1) is 11.8 Å². The molecule has 0 fully saturated rings. The summed E-state index contributed by atoms with van der Waals surface area (Å²) in [5, 5.41) is 10.7. The van der Waals surface area contributed by atoms with Crippen LogP contribution in [0.25, 0.3) is 0 Å². The van der Waals surface area contributed by atoms with E-state index in [1.807, 2.05) is 13.8 Å². The summed E-state index contributed by atoms with van der Waals surface area (Å²) in [4.78, 5) is 16.0. The van der Waals surface area contributed by atoms with Gasteiger partial charge in [-0.05, 0) is 6.42 Å². The molecule has 108 valence electrons. The number of hydrogen-bond acceptors (Lipinski definition) is 5.